The maximum Gasteiger partial charge on any atom is 0.262 e. The molecule has 0 radical (unpaired) electrons. The summed E-state index contributed by atoms with van der Waals surface area (Å²) < 4.78 is 0. The molecule has 0 aromatic heterocycles. The number of carbonyl (C=O) groups is 2. The number of nitrogens with two attached hydrogens (primary N) is 1. The fourth-order valence-electron chi connectivity index (χ4n) is 2.02. The molecule has 18 heavy (non-hydrogen) atoms. The molecule has 0 saturated carbocycles. The summed E-state index contributed by atoms with van der Waals surface area (Å²) in [6, 6.07) is 6.44. The maximum absolute atomic E-state index is 12.3. The van der Waals surface area contributed by atoms with E-state index < -0.39 is 5.91 Å². The SMILES string of the molecule is NC(=O)c1cccc(C(=O)N2c3cccc2c3)c1. The molecule has 2 bridgehead atoms. The number of benzene rings is 1. The van der Waals surface area contributed by atoms with Crippen LogP contribution in [0.2, 0.25) is 0 Å². The van der Waals surface area contributed by atoms with Gasteiger partial charge in [-0.15, -0.1) is 0 Å². The molecule has 0 atom stereocenters. The molecule has 88 valence electrons. The van der Waals surface area contributed by atoms with Crippen LogP contribution in [-0.2, 0) is 0 Å². The molecular formula is C14H10N2O2. The maximum atomic E-state index is 12.3. The predicted octanol–water partition coefficient (Wildman–Crippen LogP) is 1.58. The van der Waals surface area contributed by atoms with Crippen LogP contribution < -0.4 is 5.73 Å². The van der Waals surface area contributed by atoms with Gasteiger partial charge in [-0.1, -0.05) is 12.1 Å². The van der Waals surface area contributed by atoms with E-state index >= 15 is 0 Å². The molecule has 1 aromatic rings. The Morgan fingerprint density at radius 2 is 1.89 bits per heavy atom. The second-order valence-corrected chi connectivity index (χ2v) is 4.11. The Bertz CT molecular complexity index is 642. The molecule has 2 N–H and O–H groups in total. The highest BCUT2D eigenvalue weighted by Gasteiger charge is 2.30. The molecule has 2 aliphatic rings. The van der Waals surface area contributed by atoms with Crippen LogP contribution in [0, 0.1) is 0 Å². The summed E-state index contributed by atoms with van der Waals surface area (Å²) in [7, 11) is 0. The third-order valence-corrected chi connectivity index (χ3v) is 2.94. The van der Waals surface area contributed by atoms with Crippen molar-refractivity contribution < 1.29 is 9.59 Å². The summed E-state index contributed by atoms with van der Waals surface area (Å²) in [5.74, 6) is -0.682. The lowest BCUT2D eigenvalue weighted by Gasteiger charge is -2.34. The van der Waals surface area contributed by atoms with E-state index in [1.165, 1.54) is 6.07 Å². The second kappa shape index (κ2) is 3.70. The predicted molar refractivity (Wildman–Crippen MR) is 66.4 cm³/mol. The molecule has 2 heterocycles. The molecule has 0 spiro atoms. The summed E-state index contributed by atoms with van der Waals surface area (Å²) in [6.07, 6.45) is 7.55. The molecule has 0 fully saturated rings. The Balaban J connectivity index is 1.93. The third kappa shape index (κ3) is 1.47. The zero-order chi connectivity index (χ0) is 12.7. The topological polar surface area (TPSA) is 63.4 Å². The minimum absolute atomic E-state index is 0.147. The number of allylic oxidation sites excluding steroid dienone is 4. The van der Waals surface area contributed by atoms with Crippen LogP contribution in [0.4, 0.5) is 0 Å². The van der Waals surface area contributed by atoms with E-state index in [9.17, 15) is 9.59 Å². The van der Waals surface area contributed by atoms with Crippen molar-refractivity contribution in [3.63, 3.8) is 0 Å². The molecule has 0 unspecified atom stereocenters. The standard InChI is InChI=1S/C14H10N2O2/c15-13(17)9-3-1-4-10(7-9)14(18)16-11-5-2-6-12(16)8-11/h1-8H,(H2,15,17). The first kappa shape index (κ1) is 10.5. The lowest BCUT2D eigenvalue weighted by molar-refractivity contribution is 0.0837. The zero-order valence-electron chi connectivity index (χ0n) is 9.46. The smallest absolute Gasteiger partial charge is 0.262 e. The first-order chi connectivity index (χ1) is 8.66. The molecule has 0 saturated heterocycles. The Hall–Kier alpha value is -2.62. The minimum atomic E-state index is -0.535. The van der Waals surface area contributed by atoms with E-state index in [1.54, 1.807) is 23.1 Å². The molecule has 4 heteroatoms. The van der Waals surface area contributed by atoms with Gasteiger partial charge in [0, 0.05) is 11.1 Å². The number of hydrogen-bond acceptors (Lipinski definition) is 2. The molecule has 2 amide bonds. The monoisotopic (exact) mass is 238 g/mol. The first-order valence-corrected chi connectivity index (χ1v) is 5.51. The van der Waals surface area contributed by atoms with Gasteiger partial charge in [-0.25, -0.2) is 0 Å². The van der Waals surface area contributed by atoms with Gasteiger partial charge in [0.2, 0.25) is 5.91 Å². The Morgan fingerprint density at radius 3 is 2.50 bits per heavy atom. The van der Waals surface area contributed by atoms with Gasteiger partial charge in [-0.3, -0.25) is 14.5 Å². The highest BCUT2D eigenvalue weighted by Crippen LogP contribution is 2.32. The number of rotatable bonds is 2. The molecule has 2 aliphatic heterocycles. The van der Waals surface area contributed by atoms with E-state index in [0.717, 1.165) is 11.4 Å². The van der Waals surface area contributed by atoms with E-state index in [2.05, 4.69) is 0 Å². The third-order valence-electron chi connectivity index (χ3n) is 2.94. The fraction of sp³-hybridized carbons (Fsp3) is 0. The molecule has 1 aromatic carbocycles. The summed E-state index contributed by atoms with van der Waals surface area (Å²) >= 11 is 0. The van der Waals surface area contributed by atoms with Crippen LogP contribution in [0.1, 0.15) is 20.7 Å². The summed E-state index contributed by atoms with van der Waals surface area (Å²) in [4.78, 5) is 25.0. The summed E-state index contributed by atoms with van der Waals surface area (Å²) in [6.45, 7) is 0. The van der Waals surface area contributed by atoms with Crippen LogP contribution >= 0.6 is 0 Å². The fourth-order valence-corrected chi connectivity index (χ4v) is 2.02. The Labute approximate surface area is 104 Å². The van der Waals surface area contributed by atoms with Crippen LogP contribution in [0.25, 0.3) is 0 Å². The first-order valence-electron chi connectivity index (χ1n) is 5.51. The number of hydrogen-bond donors (Lipinski definition) is 1. The van der Waals surface area contributed by atoms with Gasteiger partial charge in [0.15, 0.2) is 0 Å². The van der Waals surface area contributed by atoms with Crippen molar-refractivity contribution in [1.82, 2.24) is 4.90 Å². The van der Waals surface area contributed by atoms with Crippen molar-refractivity contribution in [1.29, 1.82) is 0 Å². The largest absolute Gasteiger partial charge is 0.366 e. The van der Waals surface area contributed by atoms with Gasteiger partial charge < -0.3 is 5.73 Å². The van der Waals surface area contributed by atoms with Gasteiger partial charge in [0.1, 0.15) is 0 Å². The van der Waals surface area contributed by atoms with Crippen molar-refractivity contribution >= 4 is 11.8 Å². The Morgan fingerprint density at radius 1 is 1.11 bits per heavy atom. The van der Waals surface area contributed by atoms with Gasteiger partial charge >= 0.3 is 0 Å². The van der Waals surface area contributed by atoms with E-state index in [4.69, 9.17) is 5.73 Å². The van der Waals surface area contributed by atoms with Gasteiger partial charge in [0.25, 0.3) is 5.91 Å². The number of primary amides is 1. The second-order valence-electron chi connectivity index (χ2n) is 4.11. The van der Waals surface area contributed by atoms with E-state index in [1.807, 2.05) is 24.3 Å². The van der Waals surface area contributed by atoms with Crippen LogP contribution in [0.3, 0.4) is 0 Å². The number of fused-ring (bicyclic) bond motifs is 2. The van der Waals surface area contributed by atoms with Crippen molar-refractivity contribution in [2.75, 3.05) is 0 Å². The van der Waals surface area contributed by atoms with Gasteiger partial charge in [-0.05, 0) is 36.4 Å². The van der Waals surface area contributed by atoms with Crippen molar-refractivity contribution in [2.45, 2.75) is 0 Å². The molecule has 3 rings (SSSR count). The van der Waals surface area contributed by atoms with Crippen molar-refractivity contribution in [3.8, 4) is 0 Å². The summed E-state index contributed by atoms with van der Waals surface area (Å²) in [5.41, 5.74) is 7.72. The quantitative estimate of drug-likeness (QED) is 0.850. The molecular weight excluding hydrogens is 228 g/mol. The van der Waals surface area contributed by atoms with Gasteiger partial charge in [-0.2, -0.15) is 0 Å². The van der Waals surface area contributed by atoms with Crippen LogP contribution in [0.15, 0.2) is 60.0 Å². The Kier molecular flexibility index (Phi) is 2.16. The molecule has 0 aliphatic carbocycles. The summed E-state index contributed by atoms with van der Waals surface area (Å²) in [5, 5.41) is 0. The lowest BCUT2D eigenvalue weighted by atomic mass is 10.0. The van der Waals surface area contributed by atoms with E-state index in [-0.39, 0.29) is 5.91 Å². The van der Waals surface area contributed by atoms with Crippen molar-refractivity contribution in [3.05, 3.63) is 71.1 Å². The number of carbonyl (C=O) groups excluding carboxylic acids is 2. The zero-order valence-corrected chi connectivity index (χ0v) is 9.46. The number of nitrogens with zero attached hydrogens (tertiary/aromatic N) is 1. The van der Waals surface area contributed by atoms with Crippen molar-refractivity contribution in [2.24, 2.45) is 5.73 Å². The van der Waals surface area contributed by atoms with Gasteiger partial charge in [0.05, 0.1) is 11.4 Å². The average molecular weight is 238 g/mol. The number of amides is 2. The normalized spacial score (nSPS) is 15.7. The minimum Gasteiger partial charge on any atom is -0.366 e. The van der Waals surface area contributed by atoms with Crippen LogP contribution in [0.5, 0.6) is 0 Å². The highest BCUT2D eigenvalue weighted by atomic mass is 16.2. The highest BCUT2D eigenvalue weighted by molar-refractivity contribution is 6.01. The van der Waals surface area contributed by atoms with E-state index in [0.29, 0.717) is 11.1 Å². The lowest BCUT2D eigenvalue weighted by Crippen LogP contribution is -2.36. The molecule has 4 nitrogen and oxygen atoms in total. The average Bonchev–Trinajstić information content (AvgIpc) is 2.39. The van der Waals surface area contributed by atoms with Crippen LogP contribution in [-0.4, -0.2) is 16.7 Å².